The van der Waals surface area contributed by atoms with Crippen LogP contribution >= 0.6 is 0 Å². The van der Waals surface area contributed by atoms with Crippen LogP contribution < -0.4 is 21.7 Å². The molecule has 0 spiro atoms. The second kappa shape index (κ2) is 14.0. The molecule has 0 fully saturated rings. The standard InChI is InChI=1S/C26H33N7O8/c1-13(34)22(33-23(37)17(27)6-7-21(35)36)25(39)31-19(9-15-11-28-12-30-15)24(38)32-20(26(40)41)8-14-10-29-18-5-3-2-4-16(14)18/h2-5,10-13,17,19-20,22,29,34H,6-9,27H2,1H3,(H,28,30)(H,31,39)(H,32,38)(H,33,37)(H,35,36)(H,40,41). The van der Waals surface area contributed by atoms with Crippen molar-refractivity contribution in [2.45, 2.75) is 62.9 Å². The topological polar surface area (TPSA) is 253 Å². The van der Waals surface area contributed by atoms with E-state index in [0.717, 1.165) is 10.9 Å². The smallest absolute Gasteiger partial charge is 0.326 e. The molecule has 3 amide bonds. The number of nitrogens with two attached hydrogens (primary N) is 1. The predicted octanol–water partition coefficient (Wildman–Crippen LogP) is -1.21. The van der Waals surface area contributed by atoms with Crippen LogP contribution in [0.2, 0.25) is 0 Å². The third-order valence-electron chi connectivity index (χ3n) is 6.39. The van der Waals surface area contributed by atoms with Gasteiger partial charge in [-0.2, -0.15) is 0 Å². The number of rotatable bonds is 15. The van der Waals surface area contributed by atoms with Gasteiger partial charge in [-0.15, -0.1) is 0 Å². The van der Waals surface area contributed by atoms with Gasteiger partial charge in [-0.1, -0.05) is 18.2 Å². The van der Waals surface area contributed by atoms with Gasteiger partial charge in [-0.3, -0.25) is 19.2 Å². The van der Waals surface area contributed by atoms with Crippen molar-refractivity contribution >= 4 is 40.6 Å². The molecule has 5 unspecified atom stereocenters. The van der Waals surface area contributed by atoms with E-state index in [0.29, 0.717) is 11.3 Å². The normalized spacial score (nSPS) is 14.8. The van der Waals surface area contributed by atoms with E-state index in [1.54, 1.807) is 12.3 Å². The van der Waals surface area contributed by atoms with Gasteiger partial charge in [0.25, 0.3) is 0 Å². The van der Waals surface area contributed by atoms with E-state index in [-0.39, 0.29) is 25.7 Å². The highest BCUT2D eigenvalue weighted by molar-refractivity contribution is 5.95. The molecule has 220 valence electrons. The third kappa shape index (κ3) is 8.61. The fourth-order valence-corrected chi connectivity index (χ4v) is 4.16. The van der Waals surface area contributed by atoms with Crippen molar-refractivity contribution in [3.05, 3.63) is 54.2 Å². The first-order chi connectivity index (χ1) is 19.5. The number of aromatic amines is 2. The number of aliphatic hydroxyl groups is 1. The average Bonchev–Trinajstić information content (AvgIpc) is 3.59. The maximum absolute atomic E-state index is 13.3. The fraction of sp³-hybridized carbons (Fsp3) is 0.385. The zero-order chi connectivity index (χ0) is 30.1. The lowest BCUT2D eigenvalue weighted by Gasteiger charge is -2.26. The summed E-state index contributed by atoms with van der Waals surface area (Å²) in [5.74, 6) is -5.09. The number of hydrogen-bond donors (Lipinski definition) is 9. The first kappa shape index (κ1) is 30.8. The Kier molecular flexibility index (Phi) is 10.5. The van der Waals surface area contributed by atoms with Crippen molar-refractivity contribution in [2.24, 2.45) is 5.73 Å². The first-order valence-electron chi connectivity index (χ1n) is 12.8. The molecular weight excluding hydrogens is 538 g/mol. The van der Waals surface area contributed by atoms with Gasteiger partial charge in [-0.05, 0) is 25.0 Å². The Labute approximate surface area is 233 Å². The minimum Gasteiger partial charge on any atom is -0.481 e. The molecule has 2 heterocycles. The number of carbonyl (C=O) groups is 5. The number of fused-ring (bicyclic) bond motifs is 1. The third-order valence-corrected chi connectivity index (χ3v) is 6.39. The van der Waals surface area contributed by atoms with E-state index >= 15 is 0 Å². The van der Waals surface area contributed by atoms with E-state index in [2.05, 4.69) is 30.9 Å². The summed E-state index contributed by atoms with van der Waals surface area (Å²) in [6, 6.07) is 1.81. The van der Waals surface area contributed by atoms with Crippen LogP contribution in [0.3, 0.4) is 0 Å². The maximum Gasteiger partial charge on any atom is 0.326 e. The SMILES string of the molecule is CC(O)C(NC(=O)C(N)CCC(=O)O)C(=O)NC(Cc1cnc[nH]1)C(=O)NC(Cc1c[nH]c2ccccc12)C(=O)O. The maximum atomic E-state index is 13.3. The number of nitrogens with one attached hydrogen (secondary N) is 5. The Morgan fingerprint density at radius 2 is 1.66 bits per heavy atom. The van der Waals surface area contributed by atoms with Gasteiger partial charge in [0.15, 0.2) is 0 Å². The van der Waals surface area contributed by atoms with Crippen LogP contribution in [0.4, 0.5) is 0 Å². The molecule has 0 aliphatic carbocycles. The van der Waals surface area contributed by atoms with E-state index in [1.807, 2.05) is 18.2 Å². The van der Waals surface area contributed by atoms with E-state index in [1.165, 1.54) is 19.4 Å². The van der Waals surface area contributed by atoms with Gasteiger partial charge in [-0.25, -0.2) is 9.78 Å². The van der Waals surface area contributed by atoms with Crippen LogP contribution in [0.15, 0.2) is 43.0 Å². The predicted molar refractivity (Wildman–Crippen MR) is 144 cm³/mol. The van der Waals surface area contributed by atoms with Crippen molar-refractivity contribution in [2.75, 3.05) is 0 Å². The molecule has 3 rings (SSSR count). The number of hydrogen-bond acceptors (Lipinski definition) is 8. The number of imidazole rings is 1. The Balaban J connectivity index is 1.75. The quantitative estimate of drug-likeness (QED) is 0.105. The number of aliphatic hydroxyl groups excluding tert-OH is 1. The van der Waals surface area contributed by atoms with Crippen LogP contribution in [0.1, 0.15) is 31.0 Å². The molecule has 41 heavy (non-hydrogen) atoms. The second-order valence-corrected chi connectivity index (χ2v) is 9.57. The number of nitrogens with zero attached hydrogens (tertiary/aromatic N) is 1. The molecule has 10 N–H and O–H groups in total. The van der Waals surface area contributed by atoms with Gasteiger partial charge in [0.1, 0.15) is 18.1 Å². The highest BCUT2D eigenvalue weighted by Crippen LogP contribution is 2.19. The number of amides is 3. The number of benzene rings is 1. The Bertz CT molecular complexity index is 1370. The molecule has 0 aliphatic heterocycles. The van der Waals surface area contributed by atoms with Crippen molar-refractivity contribution < 1.29 is 39.3 Å². The van der Waals surface area contributed by atoms with E-state index < -0.39 is 59.9 Å². The van der Waals surface area contributed by atoms with Crippen molar-refractivity contribution in [3.63, 3.8) is 0 Å². The largest absolute Gasteiger partial charge is 0.481 e. The number of H-pyrrole nitrogens is 2. The van der Waals surface area contributed by atoms with Gasteiger partial charge in [0.2, 0.25) is 17.7 Å². The summed E-state index contributed by atoms with van der Waals surface area (Å²) in [5, 5.41) is 36.8. The van der Waals surface area contributed by atoms with E-state index in [9.17, 15) is 34.2 Å². The lowest BCUT2D eigenvalue weighted by atomic mass is 10.0. The Morgan fingerprint density at radius 1 is 0.951 bits per heavy atom. The minimum atomic E-state index is -1.54. The summed E-state index contributed by atoms with van der Waals surface area (Å²) in [7, 11) is 0. The molecule has 5 atom stereocenters. The highest BCUT2D eigenvalue weighted by atomic mass is 16.4. The molecule has 0 radical (unpaired) electrons. The molecular formula is C26H33N7O8. The molecule has 15 heteroatoms. The summed E-state index contributed by atoms with van der Waals surface area (Å²) in [6.45, 7) is 1.24. The van der Waals surface area contributed by atoms with Gasteiger partial charge < -0.3 is 47.0 Å². The molecule has 1 aromatic carbocycles. The van der Waals surface area contributed by atoms with Crippen LogP contribution in [0.25, 0.3) is 10.9 Å². The highest BCUT2D eigenvalue weighted by Gasteiger charge is 2.33. The van der Waals surface area contributed by atoms with Crippen LogP contribution in [0.5, 0.6) is 0 Å². The molecule has 0 bridgehead atoms. The van der Waals surface area contributed by atoms with Crippen molar-refractivity contribution in [3.8, 4) is 0 Å². The summed E-state index contributed by atoms with van der Waals surface area (Å²) in [5.41, 5.74) is 7.62. The number of carboxylic acids is 2. The summed E-state index contributed by atoms with van der Waals surface area (Å²) in [4.78, 5) is 71.5. The summed E-state index contributed by atoms with van der Waals surface area (Å²) >= 11 is 0. The summed E-state index contributed by atoms with van der Waals surface area (Å²) < 4.78 is 0. The van der Waals surface area contributed by atoms with Crippen molar-refractivity contribution in [1.82, 2.24) is 30.9 Å². The average molecular weight is 572 g/mol. The number of carboxylic acid groups (broad SMARTS) is 2. The second-order valence-electron chi connectivity index (χ2n) is 9.57. The van der Waals surface area contributed by atoms with Crippen molar-refractivity contribution in [1.29, 1.82) is 0 Å². The zero-order valence-corrected chi connectivity index (χ0v) is 22.2. The van der Waals surface area contributed by atoms with E-state index in [4.69, 9.17) is 10.8 Å². The molecule has 2 aromatic heterocycles. The number of aliphatic carboxylic acids is 2. The molecule has 3 aromatic rings. The number of aromatic nitrogens is 3. The van der Waals surface area contributed by atoms with Crippen LogP contribution in [0, 0.1) is 0 Å². The Hall–Kier alpha value is -4.76. The molecule has 15 nitrogen and oxygen atoms in total. The zero-order valence-electron chi connectivity index (χ0n) is 22.2. The van der Waals surface area contributed by atoms with Crippen LogP contribution in [-0.2, 0) is 36.8 Å². The van der Waals surface area contributed by atoms with Crippen LogP contribution in [-0.4, -0.2) is 90.2 Å². The minimum absolute atomic E-state index is 0.0452. The number of carbonyl (C=O) groups excluding carboxylic acids is 3. The van der Waals surface area contributed by atoms with Gasteiger partial charge in [0, 0.05) is 48.3 Å². The monoisotopic (exact) mass is 571 g/mol. The fourth-order valence-electron chi connectivity index (χ4n) is 4.16. The van der Waals surface area contributed by atoms with Gasteiger partial charge in [0.05, 0.1) is 18.5 Å². The Morgan fingerprint density at radius 3 is 2.29 bits per heavy atom. The molecule has 0 saturated carbocycles. The van der Waals surface area contributed by atoms with Gasteiger partial charge >= 0.3 is 11.9 Å². The molecule has 0 saturated heterocycles. The molecule has 0 aliphatic rings. The summed E-state index contributed by atoms with van der Waals surface area (Å²) in [6.07, 6.45) is 2.28. The lowest BCUT2D eigenvalue weighted by Crippen LogP contribution is -2.60. The number of para-hydroxylation sites is 1. The lowest BCUT2D eigenvalue weighted by molar-refractivity contribution is -0.142. The first-order valence-corrected chi connectivity index (χ1v) is 12.8.